The number of aldehydes is 1. The second kappa shape index (κ2) is 2.62. The third-order valence-electron chi connectivity index (χ3n) is 0.709. The van der Waals surface area contributed by atoms with Crippen LogP contribution in [0.25, 0.3) is 0 Å². The zero-order valence-corrected chi connectivity index (χ0v) is 5.88. The van der Waals surface area contributed by atoms with Gasteiger partial charge >= 0.3 is 0 Å². The number of carbonyl (C=O) groups excluding carboxylic acids is 1. The third kappa shape index (κ3) is 3.00. The molecule has 0 saturated carbocycles. The van der Waals surface area contributed by atoms with Crippen molar-refractivity contribution in [3.8, 4) is 0 Å². The molecular formula is C4H8OS2. The summed E-state index contributed by atoms with van der Waals surface area (Å²) >= 11 is 7.77. The summed E-state index contributed by atoms with van der Waals surface area (Å²) in [5.41, 5.74) is 0. The van der Waals surface area contributed by atoms with Crippen LogP contribution in [0.4, 0.5) is 0 Å². The monoisotopic (exact) mass is 136 g/mol. The van der Waals surface area contributed by atoms with Crippen molar-refractivity contribution >= 4 is 31.5 Å². The normalized spacial score (nSPS) is 11.3. The van der Waals surface area contributed by atoms with Crippen LogP contribution in [0.1, 0.15) is 13.3 Å². The molecule has 0 heterocycles. The maximum atomic E-state index is 9.90. The van der Waals surface area contributed by atoms with Gasteiger partial charge in [-0.15, -0.1) is 0 Å². The van der Waals surface area contributed by atoms with Gasteiger partial charge in [0, 0.05) is 0 Å². The highest BCUT2D eigenvalue weighted by Crippen LogP contribution is 2.19. The van der Waals surface area contributed by atoms with Crippen LogP contribution in [-0.4, -0.2) is 10.4 Å². The molecule has 3 heteroatoms. The highest BCUT2D eigenvalue weighted by atomic mass is 32.2. The van der Waals surface area contributed by atoms with Crippen molar-refractivity contribution in [3.63, 3.8) is 0 Å². The average molecular weight is 136 g/mol. The maximum absolute atomic E-state index is 9.90. The fourth-order valence-corrected chi connectivity index (χ4v) is 0.0833. The summed E-state index contributed by atoms with van der Waals surface area (Å²) in [6, 6.07) is 0. The molecule has 0 spiro atoms. The van der Waals surface area contributed by atoms with Crippen LogP contribution < -0.4 is 0 Å². The lowest BCUT2D eigenvalue weighted by molar-refractivity contribution is -0.108. The van der Waals surface area contributed by atoms with E-state index in [-0.39, 0.29) is 0 Å². The van der Waals surface area contributed by atoms with Gasteiger partial charge in [-0.3, -0.25) is 0 Å². The lowest BCUT2D eigenvalue weighted by atomic mass is 10.3. The number of thiol groups is 2. The molecule has 0 aromatic heterocycles. The van der Waals surface area contributed by atoms with Crippen LogP contribution in [0, 0.1) is 0 Å². The standard InChI is InChI=1S/C4H8OS2/c1-2-4(6,7)3-5/h3,6-7H,2H2,1H3. The van der Waals surface area contributed by atoms with Crippen molar-refractivity contribution in [2.75, 3.05) is 0 Å². The molecular weight excluding hydrogens is 128 g/mol. The zero-order valence-electron chi connectivity index (χ0n) is 4.09. The molecule has 0 rings (SSSR count). The first kappa shape index (κ1) is 7.37. The third-order valence-corrected chi connectivity index (χ3v) is 1.55. The molecule has 0 bridgehead atoms. The first-order valence-electron chi connectivity index (χ1n) is 2.03. The largest absolute Gasteiger partial charge is 0.301 e. The minimum atomic E-state index is -0.708. The number of rotatable bonds is 2. The summed E-state index contributed by atoms with van der Waals surface area (Å²) in [5, 5.41) is 0. The summed E-state index contributed by atoms with van der Waals surface area (Å²) in [6.45, 7) is 1.86. The van der Waals surface area contributed by atoms with E-state index in [9.17, 15) is 4.79 Å². The van der Waals surface area contributed by atoms with E-state index in [0.29, 0.717) is 6.42 Å². The maximum Gasteiger partial charge on any atom is 0.145 e. The van der Waals surface area contributed by atoms with Crippen molar-refractivity contribution in [1.82, 2.24) is 0 Å². The Morgan fingerprint density at radius 1 is 1.71 bits per heavy atom. The van der Waals surface area contributed by atoms with E-state index in [0.717, 1.165) is 6.29 Å². The van der Waals surface area contributed by atoms with Crippen LogP contribution >= 0.6 is 25.3 Å². The smallest absolute Gasteiger partial charge is 0.145 e. The Morgan fingerprint density at radius 3 is 2.14 bits per heavy atom. The molecule has 0 aromatic carbocycles. The van der Waals surface area contributed by atoms with Crippen molar-refractivity contribution < 1.29 is 4.79 Å². The Bertz CT molecular complexity index is 70.1. The molecule has 0 aliphatic rings. The van der Waals surface area contributed by atoms with Crippen molar-refractivity contribution in [2.24, 2.45) is 0 Å². The average Bonchev–Trinajstić information content (AvgIpc) is 1.68. The van der Waals surface area contributed by atoms with Gasteiger partial charge in [0.2, 0.25) is 0 Å². The molecule has 0 amide bonds. The van der Waals surface area contributed by atoms with Gasteiger partial charge in [0.15, 0.2) is 0 Å². The van der Waals surface area contributed by atoms with Crippen molar-refractivity contribution in [3.05, 3.63) is 0 Å². The molecule has 0 radical (unpaired) electrons. The quantitative estimate of drug-likeness (QED) is 0.331. The molecule has 7 heavy (non-hydrogen) atoms. The minimum absolute atomic E-state index is 0.655. The van der Waals surface area contributed by atoms with Gasteiger partial charge in [0.1, 0.15) is 10.4 Å². The minimum Gasteiger partial charge on any atom is -0.301 e. The second-order valence-electron chi connectivity index (χ2n) is 1.35. The molecule has 0 aliphatic carbocycles. The molecule has 0 aromatic rings. The Balaban J connectivity index is 3.58. The van der Waals surface area contributed by atoms with E-state index >= 15 is 0 Å². The predicted molar refractivity (Wildman–Crippen MR) is 37.1 cm³/mol. The van der Waals surface area contributed by atoms with Gasteiger partial charge in [0.05, 0.1) is 0 Å². The molecule has 0 unspecified atom stereocenters. The SMILES string of the molecule is CCC(S)(S)C=O. The molecule has 0 aliphatic heterocycles. The van der Waals surface area contributed by atoms with Crippen molar-refractivity contribution in [2.45, 2.75) is 17.4 Å². The summed E-state index contributed by atoms with van der Waals surface area (Å²) in [6.07, 6.45) is 1.38. The Kier molecular flexibility index (Phi) is 2.76. The summed E-state index contributed by atoms with van der Waals surface area (Å²) in [5.74, 6) is 0. The molecule has 0 saturated heterocycles. The van der Waals surface area contributed by atoms with Crippen molar-refractivity contribution in [1.29, 1.82) is 0 Å². The van der Waals surface area contributed by atoms with E-state index in [1.807, 2.05) is 6.92 Å². The van der Waals surface area contributed by atoms with Gasteiger partial charge in [-0.2, -0.15) is 25.3 Å². The molecule has 0 atom stereocenters. The topological polar surface area (TPSA) is 17.1 Å². The lowest BCUT2D eigenvalue weighted by Crippen LogP contribution is -2.11. The fraction of sp³-hybridized carbons (Fsp3) is 0.750. The Morgan fingerprint density at radius 2 is 2.14 bits per heavy atom. The predicted octanol–water partition coefficient (Wildman–Crippen LogP) is 1.15. The number of hydrogen-bond acceptors (Lipinski definition) is 3. The Labute approximate surface area is 54.3 Å². The van der Waals surface area contributed by atoms with Gasteiger partial charge in [-0.25, -0.2) is 0 Å². The summed E-state index contributed by atoms with van der Waals surface area (Å²) < 4.78 is -0.708. The van der Waals surface area contributed by atoms with Crippen LogP contribution in [0.15, 0.2) is 0 Å². The van der Waals surface area contributed by atoms with E-state index < -0.39 is 4.08 Å². The van der Waals surface area contributed by atoms with Gasteiger partial charge < -0.3 is 4.79 Å². The number of hydrogen-bond donors (Lipinski definition) is 2. The molecule has 42 valence electrons. The summed E-state index contributed by atoms with van der Waals surface area (Å²) in [4.78, 5) is 9.90. The highest BCUT2D eigenvalue weighted by molar-refractivity contribution is 8.01. The lowest BCUT2D eigenvalue weighted by Gasteiger charge is -2.08. The van der Waals surface area contributed by atoms with Crippen LogP contribution in [0.3, 0.4) is 0 Å². The van der Waals surface area contributed by atoms with E-state index in [2.05, 4.69) is 25.3 Å². The van der Waals surface area contributed by atoms with Crippen LogP contribution in [0.2, 0.25) is 0 Å². The molecule has 1 nitrogen and oxygen atoms in total. The second-order valence-corrected chi connectivity index (χ2v) is 3.30. The van der Waals surface area contributed by atoms with E-state index in [1.165, 1.54) is 0 Å². The molecule has 0 N–H and O–H groups in total. The van der Waals surface area contributed by atoms with Gasteiger partial charge in [-0.1, -0.05) is 6.92 Å². The zero-order chi connectivity index (χ0) is 5.91. The van der Waals surface area contributed by atoms with Crippen LogP contribution in [0.5, 0.6) is 0 Å². The van der Waals surface area contributed by atoms with Gasteiger partial charge in [0.25, 0.3) is 0 Å². The van der Waals surface area contributed by atoms with E-state index in [4.69, 9.17) is 0 Å². The first-order chi connectivity index (χ1) is 3.12. The first-order valence-corrected chi connectivity index (χ1v) is 2.93. The number of carbonyl (C=O) groups is 1. The molecule has 0 fully saturated rings. The Hall–Kier alpha value is 0.370. The van der Waals surface area contributed by atoms with E-state index in [1.54, 1.807) is 0 Å². The highest BCUT2D eigenvalue weighted by Gasteiger charge is 2.14. The van der Waals surface area contributed by atoms with Gasteiger partial charge in [-0.05, 0) is 6.42 Å². The van der Waals surface area contributed by atoms with Crippen LogP contribution in [-0.2, 0) is 4.79 Å². The summed E-state index contributed by atoms with van der Waals surface area (Å²) in [7, 11) is 0. The fourth-order valence-electron chi connectivity index (χ4n) is 0.0833.